The molecule has 0 amide bonds. The van der Waals surface area contributed by atoms with Gasteiger partial charge >= 0.3 is 7.12 Å². The third-order valence-electron chi connectivity index (χ3n) is 9.34. The normalized spacial score (nSPS) is 17.4. The van der Waals surface area contributed by atoms with Crippen molar-refractivity contribution >= 4 is 83.4 Å². The lowest BCUT2D eigenvalue weighted by atomic mass is 9.79. The van der Waals surface area contributed by atoms with Gasteiger partial charge < -0.3 is 18.1 Å². The van der Waals surface area contributed by atoms with E-state index in [1.807, 2.05) is 0 Å². The highest BCUT2D eigenvalue weighted by Gasteiger charge is 2.51. The van der Waals surface area contributed by atoms with E-state index >= 15 is 0 Å². The van der Waals surface area contributed by atoms with Gasteiger partial charge in [-0.15, -0.1) is 0 Å². The number of benzene rings is 5. The van der Waals surface area contributed by atoms with Crippen LogP contribution in [0.25, 0.3) is 70.8 Å². The van der Waals surface area contributed by atoms with Gasteiger partial charge in [0, 0.05) is 32.3 Å². The van der Waals surface area contributed by atoms with Gasteiger partial charge in [0.15, 0.2) is 0 Å². The van der Waals surface area contributed by atoms with E-state index in [4.69, 9.17) is 13.7 Å². The van der Waals surface area contributed by atoms with Crippen molar-refractivity contribution in [1.29, 1.82) is 0 Å². The zero-order valence-corrected chi connectivity index (χ0v) is 22.3. The molecule has 9 rings (SSSR count). The van der Waals surface area contributed by atoms with E-state index in [2.05, 4.69) is 117 Å². The van der Waals surface area contributed by atoms with Crippen LogP contribution < -0.4 is 5.46 Å². The minimum atomic E-state index is -0.417. The largest absolute Gasteiger partial charge is 0.494 e. The molecule has 0 unspecified atom stereocenters. The molecule has 1 fully saturated rings. The van der Waals surface area contributed by atoms with E-state index in [1.165, 1.54) is 48.9 Å². The van der Waals surface area contributed by atoms with Crippen molar-refractivity contribution in [3.8, 4) is 0 Å². The van der Waals surface area contributed by atoms with Crippen molar-refractivity contribution < 1.29 is 13.7 Å². The molecule has 5 aromatic carbocycles. The van der Waals surface area contributed by atoms with Gasteiger partial charge in [0.1, 0.15) is 11.2 Å². The zero-order chi connectivity index (χ0) is 26.3. The zero-order valence-electron chi connectivity index (χ0n) is 22.3. The van der Waals surface area contributed by atoms with Gasteiger partial charge in [-0.3, -0.25) is 0 Å². The third-order valence-corrected chi connectivity index (χ3v) is 9.34. The standard InChI is InChI=1S/C34H26BNO3/c1-33(2)34(3,4)39-35(38-33)20-13-14-22-26-18-25-19(16-29(26)37-30(22)17-20)12-15-28-31(25)24-10-7-9-23-21-8-5-6-11-27(21)36(28)32(23)24/h5-18H,1-4H3. The van der Waals surface area contributed by atoms with Crippen LogP contribution in [0.3, 0.4) is 0 Å². The van der Waals surface area contributed by atoms with Gasteiger partial charge in [0.2, 0.25) is 0 Å². The predicted molar refractivity (Wildman–Crippen MR) is 162 cm³/mol. The summed E-state index contributed by atoms with van der Waals surface area (Å²) in [6, 6.07) is 30.7. The molecule has 0 spiro atoms. The molecule has 0 radical (unpaired) electrons. The molecule has 39 heavy (non-hydrogen) atoms. The molecule has 1 saturated heterocycles. The smallest absolute Gasteiger partial charge is 0.456 e. The maximum absolute atomic E-state index is 6.43. The highest BCUT2D eigenvalue weighted by Crippen LogP contribution is 2.43. The fraction of sp³-hybridized carbons (Fsp3) is 0.176. The van der Waals surface area contributed by atoms with Crippen LogP contribution in [0, 0.1) is 0 Å². The highest BCUT2D eigenvalue weighted by atomic mass is 16.7. The molecule has 4 heterocycles. The number of furan rings is 1. The summed E-state index contributed by atoms with van der Waals surface area (Å²) in [5.41, 5.74) is 5.74. The van der Waals surface area contributed by atoms with Gasteiger partial charge in [-0.05, 0) is 74.3 Å². The highest BCUT2D eigenvalue weighted by molar-refractivity contribution is 6.62. The van der Waals surface area contributed by atoms with E-state index in [9.17, 15) is 0 Å². The Morgan fingerprint density at radius 3 is 2.18 bits per heavy atom. The molecule has 5 heteroatoms. The van der Waals surface area contributed by atoms with Gasteiger partial charge in [-0.25, -0.2) is 0 Å². The van der Waals surface area contributed by atoms with Crippen molar-refractivity contribution in [2.75, 3.05) is 0 Å². The monoisotopic (exact) mass is 507 g/mol. The van der Waals surface area contributed by atoms with Gasteiger partial charge in [0.25, 0.3) is 0 Å². The average Bonchev–Trinajstić information content (AvgIpc) is 3.62. The maximum Gasteiger partial charge on any atom is 0.494 e. The molecule has 0 atom stereocenters. The van der Waals surface area contributed by atoms with Crippen LogP contribution in [0.15, 0.2) is 89.3 Å². The molecule has 0 saturated carbocycles. The average molecular weight is 507 g/mol. The summed E-state index contributed by atoms with van der Waals surface area (Å²) < 4.78 is 21.5. The fourth-order valence-electron chi connectivity index (χ4n) is 6.66. The van der Waals surface area contributed by atoms with E-state index < -0.39 is 7.12 Å². The second kappa shape index (κ2) is 6.92. The molecule has 0 aliphatic carbocycles. The lowest BCUT2D eigenvalue weighted by molar-refractivity contribution is 0.00578. The van der Waals surface area contributed by atoms with E-state index in [0.29, 0.717) is 0 Å². The Labute approximate surface area is 225 Å². The van der Waals surface area contributed by atoms with Crippen LogP contribution in [-0.2, 0) is 9.31 Å². The molecule has 4 nitrogen and oxygen atoms in total. The Bertz CT molecular complexity index is 2290. The van der Waals surface area contributed by atoms with E-state index in [-0.39, 0.29) is 11.2 Å². The van der Waals surface area contributed by atoms with Gasteiger partial charge in [-0.2, -0.15) is 0 Å². The molecule has 1 aliphatic rings. The maximum atomic E-state index is 6.43. The molecule has 188 valence electrons. The van der Waals surface area contributed by atoms with Crippen molar-refractivity contribution in [1.82, 2.24) is 4.40 Å². The number of hydrogen-bond donors (Lipinski definition) is 0. The van der Waals surface area contributed by atoms with E-state index in [1.54, 1.807) is 0 Å². The lowest BCUT2D eigenvalue weighted by Crippen LogP contribution is -2.41. The Hall–Kier alpha value is -4.06. The lowest BCUT2D eigenvalue weighted by Gasteiger charge is -2.32. The van der Waals surface area contributed by atoms with Gasteiger partial charge in [-0.1, -0.05) is 54.6 Å². The number of rotatable bonds is 1. The quantitative estimate of drug-likeness (QED) is 0.210. The van der Waals surface area contributed by atoms with Crippen LogP contribution in [0.2, 0.25) is 0 Å². The van der Waals surface area contributed by atoms with Crippen LogP contribution in [0.1, 0.15) is 27.7 Å². The summed E-state index contributed by atoms with van der Waals surface area (Å²) in [5, 5.41) is 9.85. The molecule has 8 aromatic rings. The Balaban J connectivity index is 1.30. The molecular formula is C34H26BNO3. The Morgan fingerprint density at radius 2 is 1.33 bits per heavy atom. The third kappa shape index (κ3) is 2.67. The first-order valence-electron chi connectivity index (χ1n) is 13.6. The number of aromatic nitrogens is 1. The van der Waals surface area contributed by atoms with Crippen LogP contribution in [0.5, 0.6) is 0 Å². The molecule has 0 N–H and O–H groups in total. The van der Waals surface area contributed by atoms with Gasteiger partial charge in [0.05, 0.1) is 27.8 Å². The Kier molecular flexibility index (Phi) is 3.88. The fourth-order valence-corrected chi connectivity index (χ4v) is 6.66. The summed E-state index contributed by atoms with van der Waals surface area (Å²) in [6.07, 6.45) is 0. The first-order valence-corrected chi connectivity index (χ1v) is 13.6. The topological polar surface area (TPSA) is 36.0 Å². The number of fused-ring (bicyclic) bond motifs is 11. The first-order chi connectivity index (χ1) is 18.8. The van der Waals surface area contributed by atoms with Crippen LogP contribution in [-0.4, -0.2) is 22.7 Å². The minimum Gasteiger partial charge on any atom is -0.456 e. The number of para-hydroxylation sites is 2. The predicted octanol–water partition coefficient (Wildman–Crippen LogP) is 8.19. The number of hydrogen-bond acceptors (Lipinski definition) is 3. The second-order valence-corrected chi connectivity index (χ2v) is 12.0. The van der Waals surface area contributed by atoms with Crippen LogP contribution >= 0.6 is 0 Å². The van der Waals surface area contributed by atoms with Crippen LogP contribution in [0.4, 0.5) is 0 Å². The SMILES string of the molecule is CC1(C)OB(c2ccc3c(c2)oc2cc4ccc5c(c4cc23)c2cccc3c4ccccc4n5c32)OC1(C)C. The minimum absolute atomic E-state index is 0.383. The second-order valence-electron chi connectivity index (χ2n) is 12.0. The summed E-state index contributed by atoms with van der Waals surface area (Å²) in [4.78, 5) is 0. The van der Waals surface area contributed by atoms with Crippen molar-refractivity contribution in [3.63, 3.8) is 0 Å². The molecular weight excluding hydrogens is 481 g/mol. The van der Waals surface area contributed by atoms with Crippen molar-refractivity contribution in [2.45, 2.75) is 38.9 Å². The van der Waals surface area contributed by atoms with E-state index in [0.717, 1.165) is 27.4 Å². The summed E-state index contributed by atoms with van der Waals surface area (Å²) in [6.45, 7) is 8.32. The summed E-state index contributed by atoms with van der Waals surface area (Å²) in [7, 11) is -0.417. The number of nitrogens with zero attached hydrogens (tertiary/aromatic N) is 1. The van der Waals surface area contributed by atoms with Crippen molar-refractivity contribution in [3.05, 3.63) is 84.9 Å². The molecule has 0 bridgehead atoms. The summed E-state index contributed by atoms with van der Waals surface area (Å²) in [5.74, 6) is 0. The first kappa shape index (κ1) is 21.8. The summed E-state index contributed by atoms with van der Waals surface area (Å²) >= 11 is 0. The Morgan fingerprint density at radius 1 is 0.590 bits per heavy atom. The molecule has 3 aromatic heterocycles. The molecule has 1 aliphatic heterocycles. The van der Waals surface area contributed by atoms with Crippen molar-refractivity contribution in [2.24, 2.45) is 0 Å².